The Bertz CT molecular complexity index is 875. The lowest BCUT2D eigenvalue weighted by Crippen LogP contribution is -1.95. The largest absolute Gasteiger partial charge is 0.436 e. The van der Waals surface area contributed by atoms with Crippen LogP contribution in [0.2, 0.25) is 0 Å². The van der Waals surface area contributed by atoms with Crippen LogP contribution in [0, 0.1) is 0 Å². The van der Waals surface area contributed by atoms with Crippen molar-refractivity contribution in [3.05, 3.63) is 60.8 Å². The van der Waals surface area contributed by atoms with E-state index in [1.54, 1.807) is 4.68 Å². The Morgan fingerprint density at radius 2 is 1.71 bits per heavy atom. The Kier molecular flexibility index (Phi) is 2.50. The van der Waals surface area contributed by atoms with Gasteiger partial charge in [-0.2, -0.15) is 0 Å². The predicted molar refractivity (Wildman–Crippen MR) is 81.0 cm³/mol. The van der Waals surface area contributed by atoms with Gasteiger partial charge in [0.05, 0.1) is 11.3 Å². The van der Waals surface area contributed by atoms with Gasteiger partial charge in [0.15, 0.2) is 11.4 Å². The first-order chi connectivity index (χ1) is 10.3. The third-order valence-corrected chi connectivity index (χ3v) is 3.29. The van der Waals surface area contributed by atoms with Gasteiger partial charge in [0, 0.05) is 6.20 Å². The monoisotopic (exact) mass is 276 g/mol. The average Bonchev–Trinajstić information content (AvgIpc) is 3.11. The molecule has 0 spiro atoms. The van der Waals surface area contributed by atoms with Crippen molar-refractivity contribution in [3.63, 3.8) is 0 Å². The van der Waals surface area contributed by atoms with Crippen molar-refractivity contribution in [3.8, 4) is 17.1 Å². The minimum absolute atomic E-state index is 0.394. The maximum absolute atomic E-state index is 6.00. The molecule has 0 aliphatic carbocycles. The lowest BCUT2D eigenvalue weighted by molar-refractivity contribution is 0.620. The number of fused-ring (bicyclic) bond motifs is 1. The molecule has 5 nitrogen and oxygen atoms in total. The van der Waals surface area contributed by atoms with Crippen LogP contribution >= 0.6 is 0 Å². The highest BCUT2D eigenvalue weighted by atomic mass is 16.3. The molecule has 5 heteroatoms. The van der Waals surface area contributed by atoms with Gasteiger partial charge in [-0.15, -0.1) is 5.10 Å². The smallest absolute Gasteiger partial charge is 0.232 e. The molecule has 0 amide bonds. The summed E-state index contributed by atoms with van der Waals surface area (Å²) in [7, 11) is 0. The normalized spacial score (nSPS) is 11.0. The average molecular weight is 276 g/mol. The lowest BCUT2D eigenvalue weighted by atomic mass is 10.3. The Hall–Kier alpha value is -3.08. The van der Waals surface area contributed by atoms with Crippen LogP contribution in [0.4, 0.5) is 5.82 Å². The van der Waals surface area contributed by atoms with Gasteiger partial charge in [0.25, 0.3) is 0 Å². The molecule has 0 aliphatic heterocycles. The molecular formula is C16H12N4O. The SMILES string of the molecule is Nc1nn(-c2ccccc2)cc1-c1nc2ccccc2o1. The van der Waals surface area contributed by atoms with Crippen molar-refractivity contribution >= 4 is 16.9 Å². The Balaban J connectivity index is 1.84. The van der Waals surface area contributed by atoms with Crippen molar-refractivity contribution in [1.29, 1.82) is 0 Å². The van der Waals surface area contributed by atoms with Crippen LogP contribution in [0.3, 0.4) is 0 Å². The van der Waals surface area contributed by atoms with Gasteiger partial charge in [-0.05, 0) is 24.3 Å². The topological polar surface area (TPSA) is 69.9 Å². The molecule has 21 heavy (non-hydrogen) atoms. The van der Waals surface area contributed by atoms with Crippen molar-refractivity contribution in [2.45, 2.75) is 0 Å². The molecule has 0 saturated heterocycles. The number of hydrogen-bond acceptors (Lipinski definition) is 4. The van der Waals surface area contributed by atoms with E-state index in [1.165, 1.54) is 0 Å². The molecule has 0 unspecified atom stereocenters. The summed E-state index contributed by atoms with van der Waals surface area (Å²) in [5.41, 5.74) is 9.17. The number of hydrogen-bond donors (Lipinski definition) is 1. The standard InChI is InChI=1S/C16H12N4O/c17-15-12(10-20(19-15)11-6-2-1-3-7-11)16-18-13-8-4-5-9-14(13)21-16/h1-10H,(H2,17,19). The molecule has 0 aliphatic rings. The fourth-order valence-electron chi connectivity index (χ4n) is 2.25. The molecule has 2 heterocycles. The van der Waals surface area contributed by atoms with E-state index in [0.717, 1.165) is 16.8 Å². The highest BCUT2D eigenvalue weighted by Crippen LogP contribution is 2.28. The van der Waals surface area contributed by atoms with Crippen LogP contribution in [0.1, 0.15) is 0 Å². The van der Waals surface area contributed by atoms with E-state index in [9.17, 15) is 0 Å². The Morgan fingerprint density at radius 3 is 2.52 bits per heavy atom. The summed E-state index contributed by atoms with van der Waals surface area (Å²) in [5, 5.41) is 4.32. The summed E-state index contributed by atoms with van der Waals surface area (Å²) < 4.78 is 7.46. The van der Waals surface area contributed by atoms with Crippen LogP contribution in [0.25, 0.3) is 28.2 Å². The van der Waals surface area contributed by atoms with E-state index in [-0.39, 0.29) is 0 Å². The maximum atomic E-state index is 6.00. The lowest BCUT2D eigenvalue weighted by Gasteiger charge is -1.98. The molecule has 0 bridgehead atoms. The zero-order valence-corrected chi connectivity index (χ0v) is 11.1. The number of anilines is 1. The number of aromatic nitrogens is 3. The molecule has 2 aromatic heterocycles. The van der Waals surface area contributed by atoms with Crippen LogP contribution in [0.15, 0.2) is 65.2 Å². The number of para-hydroxylation sites is 3. The van der Waals surface area contributed by atoms with Crippen molar-refractivity contribution < 1.29 is 4.42 Å². The number of nitrogens with zero attached hydrogens (tertiary/aromatic N) is 3. The Morgan fingerprint density at radius 1 is 0.952 bits per heavy atom. The van der Waals surface area contributed by atoms with E-state index in [1.807, 2.05) is 60.8 Å². The number of benzene rings is 2. The first-order valence-corrected chi connectivity index (χ1v) is 6.58. The maximum Gasteiger partial charge on any atom is 0.232 e. The molecule has 4 aromatic rings. The molecule has 0 saturated carbocycles. The summed E-state index contributed by atoms with van der Waals surface area (Å²) in [4.78, 5) is 4.45. The van der Waals surface area contributed by atoms with E-state index >= 15 is 0 Å². The van der Waals surface area contributed by atoms with Crippen molar-refractivity contribution in [2.24, 2.45) is 0 Å². The van der Waals surface area contributed by atoms with E-state index in [4.69, 9.17) is 10.2 Å². The second-order valence-corrected chi connectivity index (χ2v) is 4.69. The molecule has 2 N–H and O–H groups in total. The molecule has 0 radical (unpaired) electrons. The fraction of sp³-hybridized carbons (Fsp3) is 0. The zero-order valence-electron chi connectivity index (χ0n) is 11.1. The molecular weight excluding hydrogens is 264 g/mol. The van der Waals surface area contributed by atoms with Crippen molar-refractivity contribution in [1.82, 2.24) is 14.8 Å². The predicted octanol–water partition coefficient (Wildman–Crippen LogP) is 3.26. The number of rotatable bonds is 2. The first kappa shape index (κ1) is 11.7. The van der Waals surface area contributed by atoms with E-state index < -0.39 is 0 Å². The fourth-order valence-corrected chi connectivity index (χ4v) is 2.25. The third kappa shape index (κ3) is 1.95. The number of oxazole rings is 1. The van der Waals surface area contributed by atoms with Gasteiger partial charge >= 0.3 is 0 Å². The quantitative estimate of drug-likeness (QED) is 0.610. The zero-order chi connectivity index (χ0) is 14.2. The number of nitrogens with two attached hydrogens (primary N) is 1. The minimum atomic E-state index is 0.394. The third-order valence-electron chi connectivity index (χ3n) is 3.29. The molecule has 102 valence electrons. The number of nitrogen functional groups attached to an aromatic ring is 1. The van der Waals surface area contributed by atoms with Crippen LogP contribution < -0.4 is 5.73 Å². The molecule has 0 fully saturated rings. The second kappa shape index (κ2) is 4.49. The summed E-state index contributed by atoms with van der Waals surface area (Å²) in [6.45, 7) is 0. The highest BCUT2D eigenvalue weighted by molar-refractivity contribution is 5.78. The van der Waals surface area contributed by atoms with Gasteiger partial charge in [0.1, 0.15) is 5.52 Å². The molecule has 4 rings (SSSR count). The van der Waals surface area contributed by atoms with Gasteiger partial charge in [-0.1, -0.05) is 30.3 Å². The summed E-state index contributed by atoms with van der Waals surface area (Å²) >= 11 is 0. The van der Waals surface area contributed by atoms with Gasteiger partial charge in [-0.3, -0.25) is 0 Å². The first-order valence-electron chi connectivity index (χ1n) is 6.58. The summed E-state index contributed by atoms with van der Waals surface area (Å²) in [6, 6.07) is 17.4. The summed E-state index contributed by atoms with van der Waals surface area (Å²) in [6.07, 6.45) is 1.83. The van der Waals surface area contributed by atoms with Crippen LogP contribution in [0.5, 0.6) is 0 Å². The van der Waals surface area contributed by atoms with Gasteiger partial charge in [0.2, 0.25) is 5.89 Å². The van der Waals surface area contributed by atoms with Crippen LogP contribution in [-0.4, -0.2) is 14.8 Å². The van der Waals surface area contributed by atoms with E-state index in [2.05, 4.69) is 10.1 Å². The molecule has 0 atom stereocenters. The van der Waals surface area contributed by atoms with Gasteiger partial charge in [-0.25, -0.2) is 9.67 Å². The van der Waals surface area contributed by atoms with Crippen molar-refractivity contribution in [2.75, 3.05) is 5.73 Å². The Labute approximate surface area is 120 Å². The molecule has 2 aromatic carbocycles. The second-order valence-electron chi connectivity index (χ2n) is 4.69. The van der Waals surface area contributed by atoms with Crippen LogP contribution in [-0.2, 0) is 0 Å². The highest BCUT2D eigenvalue weighted by Gasteiger charge is 2.15. The van der Waals surface area contributed by atoms with E-state index in [0.29, 0.717) is 17.3 Å². The van der Waals surface area contributed by atoms with Gasteiger partial charge < -0.3 is 10.2 Å². The minimum Gasteiger partial charge on any atom is -0.436 e. The summed E-state index contributed by atoms with van der Waals surface area (Å²) in [5.74, 6) is 0.876.